The van der Waals surface area contributed by atoms with Gasteiger partial charge in [0.1, 0.15) is 5.82 Å². The average molecular weight is 486 g/mol. The molecular formula is C21H17Cl2N7OS. The van der Waals surface area contributed by atoms with Crippen LogP contribution in [-0.2, 0) is 4.79 Å². The van der Waals surface area contributed by atoms with Gasteiger partial charge in [0.05, 0.1) is 33.9 Å². The predicted octanol–water partition coefficient (Wildman–Crippen LogP) is 4.52. The molecule has 0 fully saturated rings. The maximum Gasteiger partial charge on any atom is 0.250 e. The third kappa shape index (κ3) is 5.01. The molecule has 0 saturated heterocycles. The van der Waals surface area contributed by atoms with Gasteiger partial charge in [0, 0.05) is 16.8 Å². The van der Waals surface area contributed by atoms with Crippen molar-refractivity contribution in [2.45, 2.75) is 12.1 Å². The second kappa shape index (κ2) is 9.99. The largest absolute Gasteiger partial charge is 0.277 e. The Morgan fingerprint density at radius 1 is 1.19 bits per heavy atom. The number of benzene rings is 2. The molecule has 0 aliphatic carbocycles. The van der Waals surface area contributed by atoms with Crippen LogP contribution < -0.4 is 5.43 Å². The van der Waals surface area contributed by atoms with Crippen molar-refractivity contribution < 1.29 is 4.79 Å². The number of aryl methyl sites for hydroxylation is 1. The van der Waals surface area contributed by atoms with E-state index < -0.39 is 0 Å². The van der Waals surface area contributed by atoms with Crippen LogP contribution >= 0.6 is 35.0 Å². The maximum absolute atomic E-state index is 12.3. The first kappa shape index (κ1) is 22.1. The first-order valence-electron chi connectivity index (χ1n) is 9.44. The number of aromatic amines is 1. The molecule has 0 unspecified atom stereocenters. The molecule has 0 aliphatic rings. The van der Waals surface area contributed by atoms with Crippen LogP contribution in [0.3, 0.4) is 0 Å². The highest BCUT2D eigenvalue weighted by molar-refractivity contribution is 7.99. The predicted molar refractivity (Wildman–Crippen MR) is 127 cm³/mol. The fourth-order valence-electron chi connectivity index (χ4n) is 2.92. The number of H-pyrrole nitrogens is 1. The molecule has 0 saturated carbocycles. The van der Waals surface area contributed by atoms with E-state index >= 15 is 0 Å². The summed E-state index contributed by atoms with van der Waals surface area (Å²) in [7, 11) is 0. The summed E-state index contributed by atoms with van der Waals surface area (Å²) in [5, 5.41) is 20.8. The van der Waals surface area contributed by atoms with Crippen LogP contribution in [0.15, 0.2) is 65.0 Å². The van der Waals surface area contributed by atoms with E-state index in [1.165, 1.54) is 18.0 Å². The fraction of sp³-hybridized carbons (Fsp3) is 0.0952. The van der Waals surface area contributed by atoms with Crippen molar-refractivity contribution in [1.29, 1.82) is 0 Å². The number of nitrogens with zero attached hydrogens (tertiary/aromatic N) is 5. The number of hydrogen-bond acceptors (Lipinski definition) is 6. The number of para-hydroxylation sites is 1. The molecule has 162 valence electrons. The van der Waals surface area contributed by atoms with Gasteiger partial charge in [-0.3, -0.25) is 14.5 Å². The van der Waals surface area contributed by atoms with Crippen molar-refractivity contribution in [1.82, 2.24) is 30.4 Å². The zero-order valence-electron chi connectivity index (χ0n) is 16.8. The van der Waals surface area contributed by atoms with Crippen molar-refractivity contribution in [2.24, 2.45) is 5.10 Å². The third-order valence-electron chi connectivity index (χ3n) is 4.41. The summed E-state index contributed by atoms with van der Waals surface area (Å²) in [4.78, 5) is 12.3. The SMILES string of the molecule is Cc1nnc(SCC(=O)N/N=C/c2cn[nH]c2-c2ccc(Cl)c(Cl)c2)n1-c1ccccc1. The van der Waals surface area contributed by atoms with E-state index in [4.69, 9.17) is 23.2 Å². The topological polar surface area (TPSA) is 101 Å². The van der Waals surface area contributed by atoms with E-state index in [0.717, 1.165) is 17.1 Å². The number of thioether (sulfide) groups is 1. The molecule has 2 N–H and O–H groups in total. The Bertz CT molecular complexity index is 1270. The minimum absolute atomic E-state index is 0.132. The Kier molecular flexibility index (Phi) is 6.89. The lowest BCUT2D eigenvalue weighted by Gasteiger charge is -2.07. The van der Waals surface area contributed by atoms with Crippen LogP contribution in [0.2, 0.25) is 10.0 Å². The van der Waals surface area contributed by atoms with Crippen LogP contribution in [0, 0.1) is 6.92 Å². The molecule has 11 heteroatoms. The summed E-state index contributed by atoms with van der Waals surface area (Å²) >= 11 is 13.4. The van der Waals surface area contributed by atoms with Crippen LogP contribution in [0.1, 0.15) is 11.4 Å². The van der Waals surface area contributed by atoms with Gasteiger partial charge in [0.15, 0.2) is 5.16 Å². The van der Waals surface area contributed by atoms with Gasteiger partial charge in [0.2, 0.25) is 0 Å². The summed E-state index contributed by atoms with van der Waals surface area (Å²) in [6.45, 7) is 1.87. The van der Waals surface area contributed by atoms with Gasteiger partial charge in [-0.25, -0.2) is 5.43 Å². The van der Waals surface area contributed by atoms with Crippen LogP contribution in [0.25, 0.3) is 16.9 Å². The van der Waals surface area contributed by atoms with Crippen molar-refractivity contribution in [3.63, 3.8) is 0 Å². The van der Waals surface area contributed by atoms with Gasteiger partial charge in [-0.15, -0.1) is 10.2 Å². The lowest BCUT2D eigenvalue weighted by Crippen LogP contribution is -2.20. The zero-order chi connectivity index (χ0) is 22.5. The second-order valence-electron chi connectivity index (χ2n) is 6.61. The van der Waals surface area contributed by atoms with Gasteiger partial charge in [-0.1, -0.05) is 59.2 Å². The summed E-state index contributed by atoms with van der Waals surface area (Å²) in [5.74, 6) is 0.603. The van der Waals surface area contributed by atoms with Crippen molar-refractivity contribution in [3.8, 4) is 16.9 Å². The Morgan fingerprint density at radius 3 is 2.78 bits per heavy atom. The Labute approximate surface area is 198 Å². The van der Waals surface area contributed by atoms with Gasteiger partial charge in [-0.2, -0.15) is 10.2 Å². The van der Waals surface area contributed by atoms with Crippen LogP contribution in [-0.4, -0.2) is 42.8 Å². The average Bonchev–Trinajstić information content (AvgIpc) is 3.41. The molecular weight excluding hydrogens is 469 g/mol. The quantitative estimate of drug-likeness (QED) is 0.227. The summed E-state index contributed by atoms with van der Waals surface area (Å²) in [6, 6.07) is 15.0. The first-order valence-corrected chi connectivity index (χ1v) is 11.2. The molecule has 0 bridgehead atoms. The van der Waals surface area contributed by atoms with E-state index in [9.17, 15) is 4.79 Å². The monoisotopic (exact) mass is 485 g/mol. The van der Waals surface area contributed by atoms with Gasteiger partial charge in [-0.05, 0) is 31.2 Å². The van der Waals surface area contributed by atoms with Crippen molar-refractivity contribution >= 4 is 47.1 Å². The number of amides is 1. The van der Waals surface area contributed by atoms with E-state index in [1.54, 1.807) is 18.3 Å². The second-order valence-corrected chi connectivity index (χ2v) is 8.37. The number of aromatic nitrogens is 5. The Morgan fingerprint density at radius 2 is 2.00 bits per heavy atom. The molecule has 8 nitrogen and oxygen atoms in total. The molecule has 4 aromatic rings. The molecule has 0 radical (unpaired) electrons. The molecule has 2 heterocycles. The zero-order valence-corrected chi connectivity index (χ0v) is 19.1. The summed E-state index contributed by atoms with van der Waals surface area (Å²) < 4.78 is 1.90. The highest BCUT2D eigenvalue weighted by Crippen LogP contribution is 2.28. The first-order chi connectivity index (χ1) is 15.5. The van der Waals surface area contributed by atoms with Gasteiger partial charge < -0.3 is 0 Å². The van der Waals surface area contributed by atoms with Crippen molar-refractivity contribution in [3.05, 3.63) is 76.2 Å². The third-order valence-corrected chi connectivity index (χ3v) is 6.08. The summed E-state index contributed by atoms with van der Waals surface area (Å²) in [5.41, 5.74) is 5.66. The minimum atomic E-state index is -0.272. The molecule has 4 rings (SSSR count). The van der Waals surface area contributed by atoms with Gasteiger partial charge >= 0.3 is 0 Å². The number of carbonyl (C=O) groups excluding carboxylic acids is 1. The molecule has 0 atom stereocenters. The minimum Gasteiger partial charge on any atom is -0.277 e. The normalized spacial score (nSPS) is 11.2. The summed E-state index contributed by atoms with van der Waals surface area (Å²) in [6.07, 6.45) is 3.12. The molecule has 2 aromatic heterocycles. The molecule has 0 spiro atoms. The Hall–Kier alpha value is -3.14. The van der Waals surface area contributed by atoms with E-state index in [0.29, 0.717) is 26.5 Å². The standard InChI is InChI=1S/C21H17Cl2N7OS/c1-13-26-29-21(30(13)16-5-3-2-4-6-16)32-12-19(31)27-24-10-15-11-25-28-20(15)14-7-8-17(22)18(23)9-14/h2-11H,12H2,1H3,(H,25,28)(H,27,31)/b24-10+. The number of hydrogen-bond donors (Lipinski definition) is 2. The lowest BCUT2D eigenvalue weighted by molar-refractivity contribution is -0.118. The molecule has 1 amide bonds. The number of hydrazone groups is 1. The number of halogens is 2. The highest BCUT2D eigenvalue weighted by Gasteiger charge is 2.13. The smallest absolute Gasteiger partial charge is 0.250 e. The maximum atomic E-state index is 12.3. The molecule has 0 aliphatic heterocycles. The van der Waals surface area contributed by atoms with Crippen LogP contribution in [0.5, 0.6) is 0 Å². The molecule has 2 aromatic carbocycles. The number of carbonyl (C=O) groups is 1. The van der Waals surface area contributed by atoms with E-state index in [-0.39, 0.29) is 11.7 Å². The fourth-order valence-corrected chi connectivity index (χ4v) is 4.01. The van der Waals surface area contributed by atoms with Crippen LogP contribution in [0.4, 0.5) is 0 Å². The molecule has 32 heavy (non-hydrogen) atoms. The van der Waals surface area contributed by atoms with E-state index in [2.05, 4.69) is 30.9 Å². The Balaban J connectivity index is 1.38. The van der Waals surface area contributed by atoms with Gasteiger partial charge in [0.25, 0.3) is 5.91 Å². The van der Waals surface area contributed by atoms with E-state index in [1.807, 2.05) is 47.9 Å². The van der Waals surface area contributed by atoms with Crippen molar-refractivity contribution in [2.75, 3.05) is 5.75 Å². The highest BCUT2D eigenvalue weighted by atomic mass is 35.5. The number of rotatable bonds is 7. The number of nitrogens with one attached hydrogen (secondary N) is 2. The lowest BCUT2D eigenvalue weighted by atomic mass is 10.1.